The van der Waals surface area contributed by atoms with Gasteiger partial charge in [0.25, 0.3) is 0 Å². The summed E-state index contributed by atoms with van der Waals surface area (Å²) in [7, 11) is 0. The van der Waals surface area contributed by atoms with Crippen LogP contribution in [0.3, 0.4) is 0 Å². The second kappa shape index (κ2) is 6.68. The molecule has 0 aliphatic carbocycles. The van der Waals surface area contributed by atoms with E-state index in [4.69, 9.17) is 0 Å². The maximum Gasteiger partial charge on any atom is 0.128 e. The first-order chi connectivity index (χ1) is 9.52. The van der Waals surface area contributed by atoms with Crippen LogP contribution in [0.2, 0.25) is 0 Å². The van der Waals surface area contributed by atoms with Crippen LogP contribution in [0.4, 0.5) is 4.39 Å². The van der Waals surface area contributed by atoms with Crippen molar-refractivity contribution in [1.29, 1.82) is 0 Å². The van der Waals surface area contributed by atoms with E-state index in [9.17, 15) is 4.39 Å². The molecule has 1 heterocycles. The Balaban J connectivity index is 2.06. The molecule has 0 saturated carbocycles. The zero-order valence-electron chi connectivity index (χ0n) is 13.0. The minimum atomic E-state index is -0.0976. The minimum absolute atomic E-state index is 0.0880. The van der Waals surface area contributed by atoms with E-state index in [0.29, 0.717) is 5.41 Å². The summed E-state index contributed by atoms with van der Waals surface area (Å²) in [5.41, 5.74) is 1.19. The quantitative estimate of drug-likeness (QED) is 0.855. The summed E-state index contributed by atoms with van der Waals surface area (Å²) in [6.07, 6.45) is 2.29. The van der Waals surface area contributed by atoms with Gasteiger partial charge >= 0.3 is 0 Å². The number of rotatable bonds is 6. The highest BCUT2D eigenvalue weighted by molar-refractivity contribution is 5.21. The molecule has 0 aromatic heterocycles. The van der Waals surface area contributed by atoms with Crippen molar-refractivity contribution in [1.82, 2.24) is 10.2 Å². The maximum absolute atomic E-state index is 14.0. The molecular weight excluding hydrogens is 251 g/mol. The Morgan fingerprint density at radius 3 is 2.70 bits per heavy atom. The van der Waals surface area contributed by atoms with Gasteiger partial charge in [-0.1, -0.05) is 39.0 Å². The lowest BCUT2D eigenvalue weighted by Gasteiger charge is -2.26. The van der Waals surface area contributed by atoms with Crippen LogP contribution < -0.4 is 5.32 Å². The molecule has 1 aromatic rings. The highest BCUT2D eigenvalue weighted by Gasteiger charge is 2.30. The van der Waals surface area contributed by atoms with Crippen molar-refractivity contribution < 1.29 is 4.39 Å². The third kappa shape index (κ3) is 4.03. The molecule has 20 heavy (non-hydrogen) atoms. The minimum Gasteiger partial charge on any atom is -0.309 e. The Labute approximate surface area is 122 Å². The first-order valence-corrected chi connectivity index (χ1v) is 7.72. The molecule has 1 atom stereocenters. The van der Waals surface area contributed by atoms with Crippen LogP contribution in [0.25, 0.3) is 0 Å². The van der Waals surface area contributed by atoms with Crippen molar-refractivity contribution >= 4 is 0 Å². The first kappa shape index (κ1) is 15.5. The molecule has 2 rings (SSSR count). The summed E-state index contributed by atoms with van der Waals surface area (Å²) in [5, 5.41) is 3.50. The second-order valence-electron chi connectivity index (χ2n) is 6.68. The van der Waals surface area contributed by atoms with E-state index in [1.165, 1.54) is 6.42 Å². The van der Waals surface area contributed by atoms with Gasteiger partial charge in [0.05, 0.1) is 0 Å². The van der Waals surface area contributed by atoms with Gasteiger partial charge in [0.2, 0.25) is 0 Å². The van der Waals surface area contributed by atoms with E-state index in [0.717, 1.165) is 38.2 Å². The number of nitrogens with zero attached hydrogens (tertiary/aromatic N) is 1. The van der Waals surface area contributed by atoms with Gasteiger partial charge in [-0.15, -0.1) is 0 Å². The molecule has 1 aliphatic rings. The standard InChI is InChI=1S/C17H27FN2/c1-4-10-19-16(14-7-5-6-8-15(14)18)12-20-11-9-17(2,3)13-20/h5-8,16,19H,4,9-13H2,1-3H3. The third-order valence-corrected chi connectivity index (χ3v) is 4.12. The van der Waals surface area contributed by atoms with Crippen molar-refractivity contribution in [3.05, 3.63) is 35.6 Å². The smallest absolute Gasteiger partial charge is 0.128 e. The molecule has 1 N–H and O–H groups in total. The summed E-state index contributed by atoms with van der Waals surface area (Å²) in [5.74, 6) is -0.0976. The molecule has 112 valence electrons. The van der Waals surface area contributed by atoms with E-state index in [1.807, 2.05) is 12.1 Å². The predicted octanol–water partition coefficient (Wildman–Crippen LogP) is 3.60. The van der Waals surface area contributed by atoms with Crippen molar-refractivity contribution in [2.75, 3.05) is 26.2 Å². The molecule has 1 fully saturated rings. The average Bonchev–Trinajstić information content (AvgIpc) is 2.75. The number of halogens is 1. The molecule has 0 amide bonds. The summed E-state index contributed by atoms with van der Waals surface area (Å²) >= 11 is 0. The zero-order chi connectivity index (χ0) is 14.6. The van der Waals surface area contributed by atoms with Crippen LogP contribution in [0, 0.1) is 11.2 Å². The maximum atomic E-state index is 14.0. The molecule has 3 heteroatoms. The number of likely N-dealkylation sites (tertiary alicyclic amines) is 1. The van der Waals surface area contributed by atoms with Gasteiger partial charge in [0, 0.05) is 24.7 Å². The average molecular weight is 278 g/mol. The zero-order valence-corrected chi connectivity index (χ0v) is 13.0. The second-order valence-corrected chi connectivity index (χ2v) is 6.68. The van der Waals surface area contributed by atoms with Gasteiger partial charge in [0.1, 0.15) is 5.82 Å². The first-order valence-electron chi connectivity index (χ1n) is 7.72. The molecule has 1 aliphatic heterocycles. The number of nitrogens with one attached hydrogen (secondary N) is 1. The molecule has 0 spiro atoms. The Morgan fingerprint density at radius 1 is 1.35 bits per heavy atom. The van der Waals surface area contributed by atoms with Gasteiger partial charge < -0.3 is 10.2 Å². The van der Waals surface area contributed by atoms with Crippen LogP contribution in [-0.2, 0) is 0 Å². The molecule has 2 nitrogen and oxygen atoms in total. The van der Waals surface area contributed by atoms with Crippen LogP contribution in [-0.4, -0.2) is 31.1 Å². The molecule has 1 aromatic carbocycles. The Bertz CT molecular complexity index is 431. The summed E-state index contributed by atoms with van der Waals surface area (Å²) in [6.45, 7) is 10.8. The molecule has 0 radical (unpaired) electrons. The van der Waals surface area contributed by atoms with Crippen molar-refractivity contribution in [3.63, 3.8) is 0 Å². The fourth-order valence-electron chi connectivity index (χ4n) is 2.99. The lowest BCUT2D eigenvalue weighted by Crippen LogP contribution is -2.35. The van der Waals surface area contributed by atoms with Crippen LogP contribution in [0.15, 0.2) is 24.3 Å². The predicted molar refractivity (Wildman–Crippen MR) is 82.3 cm³/mol. The van der Waals surface area contributed by atoms with E-state index in [-0.39, 0.29) is 11.9 Å². The fraction of sp³-hybridized carbons (Fsp3) is 0.647. The third-order valence-electron chi connectivity index (χ3n) is 4.12. The summed E-state index contributed by atoms with van der Waals surface area (Å²) in [4.78, 5) is 2.46. The van der Waals surface area contributed by atoms with Gasteiger partial charge in [-0.25, -0.2) is 4.39 Å². The monoisotopic (exact) mass is 278 g/mol. The van der Waals surface area contributed by atoms with E-state index in [2.05, 4.69) is 31.0 Å². The van der Waals surface area contributed by atoms with E-state index < -0.39 is 0 Å². The summed E-state index contributed by atoms with van der Waals surface area (Å²) in [6, 6.07) is 7.24. The highest BCUT2D eigenvalue weighted by Crippen LogP contribution is 2.30. The molecular formula is C17H27FN2. The van der Waals surface area contributed by atoms with Crippen LogP contribution in [0.5, 0.6) is 0 Å². The summed E-state index contributed by atoms with van der Waals surface area (Å²) < 4.78 is 14.0. The molecule has 1 saturated heterocycles. The topological polar surface area (TPSA) is 15.3 Å². The normalized spacial score (nSPS) is 20.2. The Hall–Kier alpha value is -0.930. The van der Waals surface area contributed by atoms with Crippen LogP contribution >= 0.6 is 0 Å². The Kier molecular flexibility index (Phi) is 5.17. The highest BCUT2D eigenvalue weighted by atomic mass is 19.1. The van der Waals surface area contributed by atoms with E-state index in [1.54, 1.807) is 12.1 Å². The molecule has 1 unspecified atom stereocenters. The van der Waals surface area contributed by atoms with Gasteiger partial charge in [-0.3, -0.25) is 0 Å². The largest absolute Gasteiger partial charge is 0.309 e. The Morgan fingerprint density at radius 2 is 2.10 bits per heavy atom. The van der Waals surface area contributed by atoms with Gasteiger partial charge in [0.15, 0.2) is 0 Å². The van der Waals surface area contributed by atoms with Crippen molar-refractivity contribution in [3.8, 4) is 0 Å². The van der Waals surface area contributed by atoms with Crippen molar-refractivity contribution in [2.24, 2.45) is 5.41 Å². The number of benzene rings is 1. The molecule has 0 bridgehead atoms. The van der Waals surface area contributed by atoms with Crippen LogP contribution in [0.1, 0.15) is 45.2 Å². The lowest BCUT2D eigenvalue weighted by atomic mass is 9.93. The SMILES string of the molecule is CCCNC(CN1CCC(C)(C)C1)c1ccccc1F. The van der Waals surface area contributed by atoms with Gasteiger partial charge in [-0.05, 0) is 37.4 Å². The lowest BCUT2D eigenvalue weighted by molar-refractivity contribution is 0.258. The fourth-order valence-corrected chi connectivity index (χ4v) is 2.99. The van der Waals surface area contributed by atoms with E-state index >= 15 is 0 Å². The number of hydrogen-bond donors (Lipinski definition) is 1. The number of hydrogen-bond acceptors (Lipinski definition) is 2. The van der Waals surface area contributed by atoms with Gasteiger partial charge in [-0.2, -0.15) is 0 Å². The van der Waals surface area contributed by atoms with Crippen molar-refractivity contribution in [2.45, 2.75) is 39.7 Å².